The first-order chi connectivity index (χ1) is 21.6. The number of nitrogens with two attached hydrogens (primary N) is 2. The minimum atomic E-state index is -1.40. The standard InChI is InChI=1S/C24H39N7O12S3/c25-13(23(40)41)1-3-17(33)30-15(21(38)28-8-12(32)7-20(36)37)10-45-46-11-16(22(39)29-9-19(35)27-5-6-44)31-18(34)4-2-14(26)24(42)43/h13-16,44H,1-11,25-26H2,(H,27,35)(H,28,38)(H,29,39)(H,30,33)(H,31,34)(H,36,37)(H,40,41)(H,42,43). The summed E-state index contributed by atoms with van der Waals surface area (Å²) in [5.74, 6) is -8.35. The van der Waals surface area contributed by atoms with E-state index in [2.05, 4.69) is 39.2 Å². The Balaban J connectivity index is 5.42. The van der Waals surface area contributed by atoms with Gasteiger partial charge in [0.2, 0.25) is 29.5 Å². The third-order valence-corrected chi connectivity index (χ3v) is 8.17. The molecule has 5 amide bonds. The van der Waals surface area contributed by atoms with Crippen LogP contribution in [-0.4, -0.2) is 130 Å². The maximum Gasteiger partial charge on any atom is 0.320 e. The zero-order valence-electron chi connectivity index (χ0n) is 24.5. The van der Waals surface area contributed by atoms with Gasteiger partial charge >= 0.3 is 17.9 Å². The Bertz CT molecular complexity index is 1110. The lowest BCUT2D eigenvalue weighted by Gasteiger charge is -2.20. The molecule has 0 spiro atoms. The lowest BCUT2D eigenvalue weighted by molar-refractivity contribution is -0.141. The Labute approximate surface area is 276 Å². The minimum Gasteiger partial charge on any atom is -0.481 e. The van der Waals surface area contributed by atoms with E-state index in [4.69, 9.17) is 26.8 Å². The Morgan fingerprint density at radius 1 is 0.652 bits per heavy atom. The van der Waals surface area contributed by atoms with Crippen LogP contribution in [-0.2, 0) is 43.2 Å². The van der Waals surface area contributed by atoms with Crippen molar-refractivity contribution in [2.24, 2.45) is 11.5 Å². The van der Waals surface area contributed by atoms with Crippen LogP contribution in [0.25, 0.3) is 0 Å². The molecule has 0 aliphatic rings. The topological polar surface area (TPSA) is 327 Å². The van der Waals surface area contributed by atoms with Crippen LogP contribution in [0.4, 0.5) is 0 Å². The summed E-state index contributed by atoms with van der Waals surface area (Å²) in [5.41, 5.74) is 10.8. The molecule has 0 bridgehead atoms. The van der Waals surface area contributed by atoms with Crippen LogP contribution in [0, 0.1) is 0 Å². The van der Waals surface area contributed by atoms with E-state index in [-0.39, 0.29) is 43.7 Å². The molecule has 0 aliphatic carbocycles. The second kappa shape index (κ2) is 23.7. The van der Waals surface area contributed by atoms with E-state index in [1.165, 1.54) is 0 Å². The highest BCUT2D eigenvalue weighted by molar-refractivity contribution is 8.76. The lowest BCUT2D eigenvalue weighted by Crippen LogP contribution is -2.50. The highest BCUT2D eigenvalue weighted by Gasteiger charge is 2.26. The quantitative estimate of drug-likeness (QED) is 0.0186. The maximum atomic E-state index is 12.8. The van der Waals surface area contributed by atoms with Crippen molar-refractivity contribution in [1.82, 2.24) is 26.6 Å². The normalized spacial score (nSPS) is 13.2. The number of carboxylic acid groups (broad SMARTS) is 3. The lowest BCUT2D eigenvalue weighted by atomic mass is 10.1. The summed E-state index contributed by atoms with van der Waals surface area (Å²) in [4.78, 5) is 106. The van der Waals surface area contributed by atoms with E-state index in [0.29, 0.717) is 5.75 Å². The van der Waals surface area contributed by atoms with Gasteiger partial charge in [-0.2, -0.15) is 12.6 Å². The smallest absolute Gasteiger partial charge is 0.320 e. The highest BCUT2D eigenvalue weighted by Crippen LogP contribution is 2.23. The van der Waals surface area contributed by atoms with Crippen molar-refractivity contribution in [2.75, 3.05) is 36.9 Å². The van der Waals surface area contributed by atoms with Gasteiger partial charge < -0.3 is 53.4 Å². The van der Waals surface area contributed by atoms with Gasteiger partial charge in [0, 0.05) is 36.6 Å². The average Bonchev–Trinajstić information content (AvgIpc) is 2.99. The van der Waals surface area contributed by atoms with Gasteiger partial charge in [0.15, 0.2) is 5.78 Å². The molecule has 260 valence electrons. The van der Waals surface area contributed by atoms with E-state index < -0.39 is 96.9 Å². The molecule has 22 heteroatoms. The van der Waals surface area contributed by atoms with E-state index in [9.17, 15) is 43.2 Å². The molecule has 0 rings (SSSR count). The summed E-state index contributed by atoms with van der Waals surface area (Å²) >= 11 is 3.96. The van der Waals surface area contributed by atoms with Crippen LogP contribution < -0.4 is 38.1 Å². The van der Waals surface area contributed by atoms with Crippen LogP contribution in [0.5, 0.6) is 0 Å². The highest BCUT2D eigenvalue weighted by atomic mass is 33.1. The van der Waals surface area contributed by atoms with Crippen molar-refractivity contribution in [2.45, 2.75) is 56.3 Å². The number of nitrogens with one attached hydrogen (secondary N) is 5. The summed E-state index contributed by atoms with van der Waals surface area (Å²) < 4.78 is 0. The second-order valence-electron chi connectivity index (χ2n) is 9.39. The number of carbonyl (C=O) groups is 9. The van der Waals surface area contributed by atoms with Crippen LogP contribution in [0.2, 0.25) is 0 Å². The number of ketones is 1. The molecule has 4 unspecified atom stereocenters. The molecule has 0 aromatic heterocycles. The number of carbonyl (C=O) groups excluding carboxylic acids is 6. The molecule has 46 heavy (non-hydrogen) atoms. The molecule has 0 aromatic carbocycles. The zero-order chi connectivity index (χ0) is 35.2. The van der Waals surface area contributed by atoms with Crippen molar-refractivity contribution < 1.29 is 58.5 Å². The number of hydrogen-bond acceptors (Lipinski definition) is 14. The number of aliphatic carboxylic acids is 3. The van der Waals surface area contributed by atoms with Crippen molar-refractivity contribution in [3.8, 4) is 0 Å². The SMILES string of the molecule is NC(CCC(=O)NC(CSSCC(NC(=O)CCC(N)C(=O)O)C(=O)NCC(=O)NCCS)C(=O)NCC(=O)CC(=O)O)C(=O)O. The van der Waals surface area contributed by atoms with Crippen LogP contribution in [0.3, 0.4) is 0 Å². The maximum absolute atomic E-state index is 12.8. The minimum absolute atomic E-state index is 0.127. The fourth-order valence-electron chi connectivity index (χ4n) is 3.04. The molecular weight excluding hydrogens is 675 g/mol. The molecule has 0 saturated heterocycles. The molecule has 0 saturated carbocycles. The fraction of sp³-hybridized carbons (Fsp3) is 0.625. The summed E-state index contributed by atoms with van der Waals surface area (Å²) in [5, 5.41) is 38.4. The van der Waals surface area contributed by atoms with E-state index in [0.717, 1.165) is 21.6 Å². The average molecular weight is 714 g/mol. The fourth-order valence-corrected chi connectivity index (χ4v) is 5.48. The molecule has 0 fully saturated rings. The van der Waals surface area contributed by atoms with Gasteiger partial charge in [-0.15, -0.1) is 0 Å². The first kappa shape index (κ1) is 42.4. The van der Waals surface area contributed by atoms with Crippen molar-refractivity contribution in [1.29, 1.82) is 0 Å². The Morgan fingerprint density at radius 2 is 1.09 bits per heavy atom. The number of rotatable bonds is 25. The molecule has 19 nitrogen and oxygen atoms in total. The van der Waals surface area contributed by atoms with E-state index in [1.807, 2.05) is 0 Å². The predicted molar refractivity (Wildman–Crippen MR) is 169 cm³/mol. The van der Waals surface area contributed by atoms with Crippen LogP contribution >= 0.6 is 34.2 Å². The summed E-state index contributed by atoms with van der Waals surface area (Å²) in [6.45, 7) is -0.804. The third kappa shape index (κ3) is 20.4. The van der Waals surface area contributed by atoms with Gasteiger partial charge in [0.1, 0.15) is 30.6 Å². The summed E-state index contributed by atoms with van der Waals surface area (Å²) in [7, 11) is 1.94. The largest absolute Gasteiger partial charge is 0.481 e. The molecule has 4 atom stereocenters. The van der Waals surface area contributed by atoms with Crippen molar-refractivity contribution >= 4 is 87.4 Å². The Hall–Kier alpha value is -3.60. The number of amides is 5. The molecule has 12 N–H and O–H groups in total. The Morgan fingerprint density at radius 3 is 1.48 bits per heavy atom. The van der Waals surface area contributed by atoms with Gasteiger partial charge in [0.25, 0.3) is 0 Å². The van der Waals surface area contributed by atoms with Crippen LogP contribution in [0.15, 0.2) is 0 Å². The van der Waals surface area contributed by atoms with Gasteiger partial charge in [-0.05, 0) is 12.8 Å². The second-order valence-corrected chi connectivity index (χ2v) is 12.4. The summed E-state index contributed by atoms with van der Waals surface area (Å²) in [6.07, 6.45) is -1.98. The first-order valence-electron chi connectivity index (χ1n) is 13.5. The predicted octanol–water partition coefficient (Wildman–Crippen LogP) is -3.96. The summed E-state index contributed by atoms with van der Waals surface area (Å²) in [6, 6.07) is -5.16. The van der Waals surface area contributed by atoms with Crippen molar-refractivity contribution in [3.63, 3.8) is 0 Å². The zero-order valence-corrected chi connectivity index (χ0v) is 27.0. The Kier molecular flexibility index (Phi) is 21.8. The van der Waals surface area contributed by atoms with Crippen molar-refractivity contribution in [3.05, 3.63) is 0 Å². The van der Waals surface area contributed by atoms with Gasteiger partial charge in [0.05, 0.1) is 13.1 Å². The number of hydrogen-bond donors (Lipinski definition) is 11. The number of Topliss-reactive ketones (excluding diaryl/α,β-unsaturated/α-hetero) is 1. The molecule has 0 aliphatic heterocycles. The van der Waals surface area contributed by atoms with E-state index >= 15 is 0 Å². The molecule has 0 radical (unpaired) electrons. The molecule has 0 heterocycles. The molecule has 0 aromatic rings. The van der Waals surface area contributed by atoms with Gasteiger partial charge in [-0.25, -0.2) is 0 Å². The first-order valence-corrected chi connectivity index (χ1v) is 16.7. The number of carboxylic acids is 3. The number of thiol groups is 1. The van der Waals surface area contributed by atoms with Gasteiger partial charge in [-0.3, -0.25) is 43.2 Å². The van der Waals surface area contributed by atoms with E-state index in [1.54, 1.807) is 0 Å². The van der Waals surface area contributed by atoms with Gasteiger partial charge in [-0.1, -0.05) is 21.6 Å². The monoisotopic (exact) mass is 713 g/mol. The third-order valence-electron chi connectivity index (χ3n) is 5.52. The molecular formula is C24H39N7O12S3. The van der Waals surface area contributed by atoms with Crippen LogP contribution in [0.1, 0.15) is 32.1 Å².